The van der Waals surface area contributed by atoms with E-state index in [0.29, 0.717) is 5.92 Å². The standard InChI is InChI=1S/C15H11.C9H13.2C4H9.Ge.Zr/c1-2-6-12(7-3-1)15-11-10-13-8-4-5-9-14(13)15;1-6-5-7(2)9(4)8(6)3;2*1-3-4-2;;/h1-11H;6H,1-4H3;2*1,3-4H2,2H3;;/q4*-1;;. The predicted molar refractivity (Wildman–Crippen MR) is 151 cm³/mol. The fourth-order valence-electron chi connectivity index (χ4n) is 3.18. The molecule has 34 heavy (non-hydrogen) atoms. The van der Waals surface area contributed by atoms with Crippen molar-refractivity contribution in [2.24, 2.45) is 5.92 Å². The van der Waals surface area contributed by atoms with Gasteiger partial charge in [-0.1, -0.05) is 95.3 Å². The van der Waals surface area contributed by atoms with Crippen molar-refractivity contribution in [1.29, 1.82) is 0 Å². The van der Waals surface area contributed by atoms with Crippen LogP contribution in [-0.4, -0.2) is 12.1 Å². The first-order valence-corrected chi connectivity index (χ1v) is 19.7. The molecule has 0 heterocycles. The van der Waals surface area contributed by atoms with Crippen LogP contribution in [-0.2, 0) is 21.6 Å². The number of hydrogen-bond acceptors (Lipinski definition) is 0. The van der Waals surface area contributed by atoms with Crippen molar-refractivity contribution in [2.45, 2.75) is 67.2 Å². The molecule has 2 heteroatoms. The third kappa shape index (κ3) is 11.6. The van der Waals surface area contributed by atoms with Crippen molar-refractivity contribution in [3.8, 4) is 11.1 Å². The van der Waals surface area contributed by atoms with Crippen LogP contribution in [0.1, 0.15) is 67.2 Å². The molecule has 1 aliphatic rings. The van der Waals surface area contributed by atoms with Crippen molar-refractivity contribution >= 4 is 22.9 Å². The molecule has 3 aromatic rings. The SMILES string of the molecule is CC1=[C-]C(C)C(C)=C1C.[CH2-]CCC.[CH2-]CCC.[Ge]=[Zr].c1ccc(-c2c[cH-]c3ccccc23)cc1. The molecule has 1 aliphatic carbocycles. The minimum Gasteiger partial charge on any atom is -0.150 e. The van der Waals surface area contributed by atoms with Gasteiger partial charge in [0.2, 0.25) is 0 Å². The molecule has 0 fully saturated rings. The molecule has 0 aliphatic heterocycles. The maximum absolute atomic E-state index is 3.60. The average molecular weight is 591 g/mol. The number of fused-ring (bicyclic) bond motifs is 1. The van der Waals surface area contributed by atoms with E-state index in [4.69, 9.17) is 0 Å². The van der Waals surface area contributed by atoms with Crippen LogP contribution in [0.2, 0.25) is 0 Å². The van der Waals surface area contributed by atoms with Crippen LogP contribution in [0.5, 0.6) is 0 Å². The Labute approximate surface area is 230 Å². The molecule has 4 rings (SSSR count). The second kappa shape index (κ2) is 20.2. The maximum Gasteiger partial charge on any atom is -0.0623 e. The molecule has 0 saturated heterocycles. The van der Waals surface area contributed by atoms with Gasteiger partial charge in [0.1, 0.15) is 0 Å². The summed E-state index contributed by atoms with van der Waals surface area (Å²) in [6.45, 7) is 20.1. The van der Waals surface area contributed by atoms with Crippen molar-refractivity contribution in [2.75, 3.05) is 0 Å². The summed E-state index contributed by atoms with van der Waals surface area (Å²) in [6, 6.07) is 23.4. The normalized spacial score (nSPS) is 13.7. The van der Waals surface area contributed by atoms with Crippen LogP contribution < -0.4 is 0 Å². The van der Waals surface area contributed by atoms with E-state index in [1.54, 1.807) is 21.6 Å². The smallest absolute Gasteiger partial charge is 0.0623 e. The summed E-state index contributed by atoms with van der Waals surface area (Å²) < 4.78 is 0. The van der Waals surface area contributed by atoms with Crippen molar-refractivity contribution < 1.29 is 21.6 Å². The Hall–Kier alpha value is -1.04. The summed E-state index contributed by atoms with van der Waals surface area (Å²) in [6.07, 6.45) is 7.91. The van der Waals surface area contributed by atoms with Gasteiger partial charge in [-0.05, 0) is 0 Å². The maximum atomic E-state index is 3.60. The molecule has 1 unspecified atom stereocenters. The van der Waals surface area contributed by atoms with Crippen molar-refractivity contribution in [3.63, 3.8) is 0 Å². The fourth-order valence-corrected chi connectivity index (χ4v) is 3.18. The van der Waals surface area contributed by atoms with E-state index in [1.165, 1.54) is 51.5 Å². The zero-order valence-corrected chi connectivity index (χ0v) is 26.7. The molecule has 2 radical (unpaired) electrons. The van der Waals surface area contributed by atoms with E-state index >= 15 is 0 Å². The van der Waals surface area contributed by atoms with Crippen LogP contribution in [0, 0.1) is 25.8 Å². The second-order valence-electron chi connectivity index (χ2n) is 8.21. The number of rotatable bonds is 3. The second-order valence-corrected chi connectivity index (χ2v) is 8.21. The first-order chi connectivity index (χ1) is 16.4. The van der Waals surface area contributed by atoms with Crippen LogP contribution in [0.25, 0.3) is 21.9 Å². The predicted octanol–water partition coefficient (Wildman–Crippen LogP) is 9.81. The van der Waals surface area contributed by atoms with Crippen molar-refractivity contribution in [3.05, 3.63) is 103 Å². The molecule has 0 N–H and O–H groups in total. The largest absolute Gasteiger partial charge is 0.150 e. The molecule has 0 nitrogen and oxygen atoms in total. The third-order valence-electron chi connectivity index (χ3n) is 5.71. The van der Waals surface area contributed by atoms with Gasteiger partial charge in [0.15, 0.2) is 0 Å². The van der Waals surface area contributed by atoms with E-state index in [-0.39, 0.29) is 0 Å². The van der Waals surface area contributed by atoms with Gasteiger partial charge in [-0.15, -0.1) is 53.6 Å². The topological polar surface area (TPSA) is 0 Å². The van der Waals surface area contributed by atoms with Gasteiger partial charge < -0.3 is 13.8 Å². The molecule has 182 valence electrons. The zero-order valence-electron chi connectivity index (χ0n) is 22.2. The van der Waals surface area contributed by atoms with Gasteiger partial charge in [0.05, 0.1) is 0 Å². The summed E-state index contributed by atoms with van der Waals surface area (Å²) in [5.41, 5.74) is 6.86. The number of unbranched alkanes of at least 4 members (excludes halogenated alkanes) is 2. The van der Waals surface area contributed by atoms with Crippen molar-refractivity contribution in [1.82, 2.24) is 0 Å². The minimum absolute atomic E-state index is 0.560. The van der Waals surface area contributed by atoms with Gasteiger partial charge >= 0.3 is 33.7 Å². The van der Waals surface area contributed by atoms with Gasteiger partial charge in [0, 0.05) is 0 Å². The first kappa shape index (κ1) is 33.0. The van der Waals surface area contributed by atoms with Gasteiger partial charge in [-0.3, -0.25) is 6.08 Å². The van der Waals surface area contributed by atoms with Crippen LogP contribution in [0.4, 0.5) is 0 Å². The van der Waals surface area contributed by atoms with E-state index in [2.05, 4.69) is 140 Å². The summed E-state index contributed by atoms with van der Waals surface area (Å²) in [4.78, 5) is 0. The third-order valence-corrected chi connectivity index (χ3v) is 5.71. The van der Waals surface area contributed by atoms with E-state index in [1.807, 2.05) is 0 Å². The Morgan fingerprint density at radius 2 is 1.38 bits per heavy atom. The number of hydrogen-bond donors (Lipinski definition) is 0. The zero-order chi connectivity index (χ0) is 25.9. The molecule has 1 atom stereocenters. The molecule has 0 saturated carbocycles. The summed E-state index contributed by atoms with van der Waals surface area (Å²) in [5.74, 6) is 0.560. The quantitative estimate of drug-likeness (QED) is 0.210. The Balaban J connectivity index is 0.000000490. The molecule has 0 bridgehead atoms. The van der Waals surface area contributed by atoms with Gasteiger partial charge in [0.25, 0.3) is 0 Å². The van der Waals surface area contributed by atoms with Gasteiger partial charge in [-0.25, -0.2) is 5.57 Å². The van der Waals surface area contributed by atoms with Crippen LogP contribution in [0.15, 0.2) is 83.4 Å². The average Bonchev–Trinajstić information content (AvgIpc) is 3.43. The molecule has 0 aromatic heterocycles. The van der Waals surface area contributed by atoms with E-state index in [0.717, 1.165) is 12.8 Å². The number of benzene rings is 2. The number of allylic oxidation sites excluding steroid dienone is 4. The monoisotopic (exact) mass is 590 g/mol. The van der Waals surface area contributed by atoms with Gasteiger partial charge in [-0.2, -0.15) is 24.0 Å². The van der Waals surface area contributed by atoms with Crippen LogP contribution >= 0.6 is 0 Å². The summed E-state index contributed by atoms with van der Waals surface area (Å²) in [7, 11) is 0. The summed E-state index contributed by atoms with van der Waals surface area (Å²) in [5, 5.41) is 2.65. The molecular formula is C32H42GeZr-4. The minimum atomic E-state index is 0.560. The first-order valence-electron chi connectivity index (χ1n) is 12.2. The Morgan fingerprint density at radius 1 is 0.882 bits per heavy atom. The Morgan fingerprint density at radius 3 is 1.79 bits per heavy atom. The molecular weight excluding hydrogens is 548 g/mol. The Bertz CT molecular complexity index is 970. The summed E-state index contributed by atoms with van der Waals surface area (Å²) >= 11 is 3.64. The fraction of sp³-hybridized carbons (Fsp3) is 0.344. The van der Waals surface area contributed by atoms with Crippen LogP contribution in [0.3, 0.4) is 0 Å². The Kier molecular flexibility index (Phi) is 19.6. The molecule has 3 aromatic carbocycles. The molecule has 0 spiro atoms. The van der Waals surface area contributed by atoms with E-state index in [9.17, 15) is 0 Å². The van der Waals surface area contributed by atoms with E-state index < -0.39 is 0 Å². The molecule has 0 amide bonds.